The summed E-state index contributed by atoms with van der Waals surface area (Å²) < 4.78 is 35.3. The first kappa shape index (κ1) is 19.2. The van der Waals surface area contributed by atoms with Crippen molar-refractivity contribution in [2.24, 2.45) is 0 Å². The standard InChI is InChI=1S/C20H17ClN4O3S/c1-13-11-20(24-29(26,27)18-12-15(21)8-9-17(18)28-2)25(23-13)19-10-7-14-5-3-4-6-16(14)22-19/h3-12,24H,1-2H3. The van der Waals surface area contributed by atoms with Gasteiger partial charge in [-0.2, -0.15) is 9.78 Å². The Labute approximate surface area is 173 Å². The van der Waals surface area contributed by atoms with Gasteiger partial charge in [0.1, 0.15) is 16.5 Å². The largest absolute Gasteiger partial charge is 0.495 e. The minimum atomic E-state index is -3.99. The third-order valence-electron chi connectivity index (χ3n) is 4.29. The summed E-state index contributed by atoms with van der Waals surface area (Å²) in [7, 11) is -2.59. The smallest absolute Gasteiger partial charge is 0.266 e. The molecule has 148 valence electrons. The SMILES string of the molecule is COc1ccc(Cl)cc1S(=O)(=O)Nc1cc(C)nn1-c1ccc2ccccc2n1. The van der Waals surface area contributed by atoms with Crippen molar-refractivity contribution in [3.05, 3.63) is 71.4 Å². The lowest BCUT2D eigenvalue weighted by molar-refractivity contribution is 0.403. The summed E-state index contributed by atoms with van der Waals surface area (Å²) in [5.41, 5.74) is 1.42. The van der Waals surface area contributed by atoms with Crippen molar-refractivity contribution in [1.82, 2.24) is 14.8 Å². The van der Waals surface area contributed by atoms with E-state index >= 15 is 0 Å². The molecule has 29 heavy (non-hydrogen) atoms. The Bertz CT molecular complexity index is 1320. The molecule has 0 aliphatic carbocycles. The fourth-order valence-electron chi connectivity index (χ4n) is 2.97. The van der Waals surface area contributed by atoms with E-state index in [1.165, 1.54) is 23.9 Å². The quantitative estimate of drug-likeness (QED) is 0.515. The zero-order valence-electron chi connectivity index (χ0n) is 15.6. The van der Waals surface area contributed by atoms with Crippen molar-refractivity contribution in [3.8, 4) is 11.6 Å². The number of aryl methyl sites for hydroxylation is 1. The molecule has 4 rings (SSSR count). The lowest BCUT2D eigenvalue weighted by atomic mass is 10.2. The van der Waals surface area contributed by atoms with Crippen molar-refractivity contribution >= 4 is 38.3 Å². The molecule has 1 N–H and O–H groups in total. The summed E-state index contributed by atoms with van der Waals surface area (Å²) in [4.78, 5) is 4.52. The van der Waals surface area contributed by atoms with Crippen molar-refractivity contribution in [2.45, 2.75) is 11.8 Å². The Morgan fingerprint density at radius 2 is 1.86 bits per heavy atom. The van der Waals surface area contributed by atoms with Gasteiger partial charge in [-0.3, -0.25) is 4.72 Å². The zero-order valence-corrected chi connectivity index (χ0v) is 17.2. The summed E-state index contributed by atoms with van der Waals surface area (Å²) in [6.07, 6.45) is 0. The van der Waals surface area contributed by atoms with Crippen LogP contribution < -0.4 is 9.46 Å². The molecule has 9 heteroatoms. The van der Waals surface area contributed by atoms with Crippen LogP contribution in [0.2, 0.25) is 5.02 Å². The van der Waals surface area contributed by atoms with Crippen molar-refractivity contribution in [3.63, 3.8) is 0 Å². The summed E-state index contributed by atoms with van der Waals surface area (Å²) >= 11 is 5.99. The number of rotatable bonds is 5. The zero-order chi connectivity index (χ0) is 20.6. The van der Waals surface area contributed by atoms with E-state index in [-0.39, 0.29) is 21.5 Å². The maximum atomic E-state index is 13.0. The Hall–Kier alpha value is -3.10. The Kier molecular flexibility index (Phi) is 4.89. The van der Waals surface area contributed by atoms with Gasteiger partial charge >= 0.3 is 0 Å². The lowest BCUT2D eigenvalue weighted by Crippen LogP contribution is -2.17. The molecule has 0 unspecified atom stereocenters. The molecule has 0 spiro atoms. The van der Waals surface area contributed by atoms with Gasteiger partial charge in [-0.15, -0.1) is 0 Å². The fraction of sp³-hybridized carbons (Fsp3) is 0.100. The van der Waals surface area contributed by atoms with E-state index in [1.54, 1.807) is 25.1 Å². The van der Waals surface area contributed by atoms with Crippen LogP contribution in [0.5, 0.6) is 5.75 Å². The summed E-state index contributed by atoms with van der Waals surface area (Å²) in [5, 5.41) is 5.66. The van der Waals surface area contributed by atoms with Crippen LogP contribution in [0.15, 0.2) is 65.6 Å². The highest BCUT2D eigenvalue weighted by Gasteiger charge is 2.23. The highest BCUT2D eigenvalue weighted by Crippen LogP contribution is 2.29. The number of nitrogens with zero attached hydrogens (tertiary/aromatic N) is 3. The average Bonchev–Trinajstić information content (AvgIpc) is 3.07. The fourth-order valence-corrected chi connectivity index (χ4v) is 4.44. The maximum absolute atomic E-state index is 13.0. The number of hydrogen-bond donors (Lipinski definition) is 1. The van der Waals surface area contributed by atoms with E-state index in [0.717, 1.165) is 10.9 Å². The number of pyridine rings is 1. The molecule has 0 radical (unpaired) electrons. The van der Waals surface area contributed by atoms with Crippen molar-refractivity contribution in [2.75, 3.05) is 11.8 Å². The van der Waals surface area contributed by atoms with Gasteiger partial charge in [-0.25, -0.2) is 13.4 Å². The van der Waals surface area contributed by atoms with Gasteiger partial charge < -0.3 is 4.74 Å². The first-order valence-corrected chi connectivity index (χ1v) is 10.5. The molecule has 0 saturated carbocycles. The molecule has 0 saturated heterocycles. The van der Waals surface area contributed by atoms with Crippen LogP contribution in [-0.4, -0.2) is 30.3 Å². The van der Waals surface area contributed by atoms with Crippen LogP contribution >= 0.6 is 11.6 Å². The Balaban J connectivity index is 1.78. The third kappa shape index (κ3) is 3.76. The minimum absolute atomic E-state index is 0.0654. The third-order valence-corrected chi connectivity index (χ3v) is 5.90. The van der Waals surface area contributed by atoms with Gasteiger partial charge in [0, 0.05) is 16.5 Å². The molecule has 2 aromatic heterocycles. The van der Waals surface area contributed by atoms with Crippen molar-refractivity contribution < 1.29 is 13.2 Å². The number of sulfonamides is 1. The topological polar surface area (TPSA) is 86.1 Å². The predicted octanol–water partition coefficient (Wildman–Crippen LogP) is 4.19. The van der Waals surface area contributed by atoms with E-state index in [0.29, 0.717) is 11.5 Å². The van der Waals surface area contributed by atoms with E-state index in [9.17, 15) is 8.42 Å². The highest BCUT2D eigenvalue weighted by atomic mass is 35.5. The van der Waals surface area contributed by atoms with Crippen LogP contribution in [0, 0.1) is 6.92 Å². The van der Waals surface area contributed by atoms with Gasteiger partial charge in [-0.1, -0.05) is 29.8 Å². The van der Waals surface area contributed by atoms with Crippen LogP contribution in [0.4, 0.5) is 5.82 Å². The molecule has 0 bridgehead atoms. The first-order valence-electron chi connectivity index (χ1n) is 8.66. The number of nitrogens with one attached hydrogen (secondary N) is 1. The molecule has 0 amide bonds. The number of anilines is 1. The molecular weight excluding hydrogens is 412 g/mol. The molecule has 0 aliphatic rings. The number of methoxy groups -OCH3 is 1. The van der Waals surface area contributed by atoms with Gasteiger partial charge in [-0.05, 0) is 43.3 Å². The average molecular weight is 429 g/mol. The van der Waals surface area contributed by atoms with Crippen LogP contribution in [-0.2, 0) is 10.0 Å². The number of ether oxygens (including phenoxy) is 1. The number of aromatic nitrogens is 3. The molecular formula is C20H17ClN4O3S. The normalized spacial score (nSPS) is 11.6. The van der Waals surface area contributed by atoms with Crippen LogP contribution in [0.1, 0.15) is 5.69 Å². The van der Waals surface area contributed by atoms with E-state index in [4.69, 9.17) is 16.3 Å². The number of benzene rings is 2. The number of para-hydroxylation sites is 1. The molecule has 2 heterocycles. The minimum Gasteiger partial charge on any atom is -0.495 e. The Morgan fingerprint density at radius 1 is 1.07 bits per heavy atom. The molecule has 0 aliphatic heterocycles. The Morgan fingerprint density at radius 3 is 2.66 bits per heavy atom. The van der Waals surface area contributed by atoms with E-state index < -0.39 is 10.0 Å². The summed E-state index contributed by atoms with van der Waals surface area (Å²) in [6.45, 7) is 1.77. The number of hydrogen-bond acceptors (Lipinski definition) is 5. The lowest BCUT2D eigenvalue weighted by Gasteiger charge is -2.13. The van der Waals surface area contributed by atoms with Crippen LogP contribution in [0.3, 0.4) is 0 Å². The summed E-state index contributed by atoms with van der Waals surface area (Å²) in [5.74, 6) is 0.938. The van der Waals surface area contributed by atoms with Gasteiger partial charge in [0.15, 0.2) is 5.82 Å². The first-order chi connectivity index (χ1) is 13.9. The van der Waals surface area contributed by atoms with Crippen LogP contribution in [0.25, 0.3) is 16.7 Å². The van der Waals surface area contributed by atoms with Crippen molar-refractivity contribution in [1.29, 1.82) is 0 Å². The van der Waals surface area contributed by atoms with Gasteiger partial charge in [0.25, 0.3) is 10.0 Å². The molecule has 0 atom stereocenters. The molecule has 0 fully saturated rings. The van der Waals surface area contributed by atoms with Gasteiger partial charge in [0.05, 0.1) is 18.3 Å². The second-order valence-corrected chi connectivity index (χ2v) is 8.43. The second kappa shape index (κ2) is 7.38. The molecule has 7 nitrogen and oxygen atoms in total. The molecule has 4 aromatic rings. The predicted molar refractivity (Wildman–Crippen MR) is 112 cm³/mol. The van der Waals surface area contributed by atoms with E-state index in [1.807, 2.05) is 30.3 Å². The monoisotopic (exact) mass is 428 g/mol. The van der Waals surface area contributed by atoms with E-state index in [2.05, 4.69) is 14.8 Å². The number of fused-ring (bicyclic) bond motifs is 1. The highest BCUT2D eigenvalue weighted by molar-refractivity contribution is 7.92. The number of halogens is 1. The second-order valence-electron chi connectivity index (χ2n) is 6.35. The van der Waals surface area contributed by atoms with Gasteiger partial charge in [0.2, 0.25) is 0 Å². The molecule has 2 aromatic carbocycles. The maximum Gasteiger partial charge on any atom is 0.266 e. The summed E-state index contributed by atoms with van der Waals surface area (Å²) in [6, 6.07) is 17.4.